The molecule has 1 aromatic heterocycles. The number of ketones is 1. The van der Waals surface area contributed by atoms with Crippen molar-refractivity contribution in [2.24, 2.45) is 5.92 Å². The van der Waals surface area contributed by atoms with Crippen LogP contribution in [-0.4, -0.2) is 23.9 Å². The summed E-state index contributed by atoms with van der Waals surface area (Å²) >= 11 is 0. The van der Waals surface area contributed by atoms with Crippen LogP contribution in [0.2, 0.25) is 0 Å². The van der Waals surface area contributed by atoms with Crippen LogP contribution in [-0.2, 0) is 11.8 Å². The van der Waals surface area contributed by atoms with Crippen LogP contribution in [0, 0.1) is 5.92 Å². The van der Waals surface area contributed by atoms with Crippen LogP contribution >= 0.6 is 0 Å². The third-order valence-electron chi connectivity index (χ3n) is 6.66. The summed E-state index contributed by atoms with van der Waals surface area (Å²) in [5.74, 6) is 0.849. The number of aromatic nitrogens is 1. The minimum atomic E-state index is -0.253. The van der Waals surface area contributed by atoms with Crippen molar-refractivity contribution in [3.63, 3.8) is 0 Å². The molecule has 3 aromatic rings. The average Bonchev–Trinajstić information content (AvgIpc) is 3.07. The molecule has 4 nitrogen and oxygen atoms in total. The quantitative estimate of drug-likeness (QED) is 0.591. The van der Waals surface area contributed by atoms with Gasteiger partial charge in [0.25, 0.3) is 0 Å². The first-order valence-corrected chi connectivity index (χ1v) is 10.3. The summed E-state index contributed by atoms with van der Waals surface area (Å²) < 4.78 is 0. The summed E-state index contributed by atoms with van der Waals surface area (Å²) in [5.41, 5.74) is 12.5. The topological polar surface area (TPSA) is 70.9 Å². The third kappa shape index (κ3) is 2.59. The molecular weight excluding hydrogens is 346 g/mol. The molecule has 1 aliphatic heterocycles. The molecule has 5 rings (SSSR count). The molecule has 28 heavy (non-hydrogen) atoms. The molecule has 2 heterocycles. The highest BCUT2D eigenvalue weighted by Gasteiger charge is 2.39. The Labute approximate surface area is 165 Å². The molecule has 0 bridgehead atoms. The van der Waals surface area contributed by atoms with E-state index in [1.54, 1.807) is 0 Å². The van der Waals surface area contributed by atoms with Crippen LogP contribution in [0.4, 0.5) is 5.69 Å². The molecule has 4 heteroatoms. The van der Waals surface area contributed by atoms with E-state index in [2.05, 4.69) is 42.3 Å². The van der Waals surface area contributed by atoms with Gasteiger partial charge >= 0.3 is 0 Å². The number of hydrogen-bond donors (Lipinski definition) is 3. The van der Waals surface area contributed by atoms with Gasteiger partial charge in [-0.1, -0.05) is 38.1 Å². The SMILES string of the molecule is CC1(C)c2cc(CC3CCNCC3)ccc2C(=O)c2c1[nH]c1cc(N)ccc21. The van der Waals surface area contributed by atoms with Gasteiger partial charge in [-0.3, -0.25) is 4.79 Å². The van der Waals surface area contributed by atoms with Crippen LogP contribution in [0.5, 0.6) is 0 Å². The molecule has 4 N–H and O–H groups in total. The van der Waals surface area contributed by atoms with Gasteiger partial charge in [-0.2, -0.15) is 0 Å². The van der Waals surface area contributed by atoms with Gasteiger partial charge in [0.1, 0.15) is 0 Å². The summed E-state index contributed by atoms with van der Waals surface area (Å²) in [4.78, 5) is 16.9. The van der Waals surface area contributed by atoms with Crippen molar-refractivity contribution in [2.45, 2.75) is 38.5 Å². The number of nitrogens with two attached hydrogens (primary N) is 1. The van der Waals surface area contributed by atoms with Gasteiger partial charge in [0.2, 0.25) is 0 Å². The predicted molar refractivity (Wildman–Crippen MR) is 114 cm³/mol. The molecule has 1 aliphatic carbocycles. The van der Waals surface area contributed by atoms with Gasteiger partial charge in [0.15, 0.2) is 5.78 Å². The van der Waals surface area contributed by atoms with Crippen molar-refractivity contribution in [1.29, 1.82) is 0 Å². The van der Waals surface area contributed by atoms with Gasteiger partial charge in [-0.25, -0.2) is 0 Å². The summed E-state index contributed by atoms with van der Waals surface area (Å²) in [6, 6.07) is 12.2. The molecular formula is C24H27N3O. The zero-order valence-corrected chi connectivity index (χ0v) is 16.6. The summed E-state index contributed by atoms with van der Waals surface area (Å²) in [6.07, 6.45) is 3.55. The molecule has 0 atom stereocenters. The zero-order valence-electron chi connectivity index (χ0n) is 16.6. The summed E-state index contributed by atoms with van der Waals surface area (Å²) in [5, 5.41) is 4.40. The second kappa shape index (κ2) is 6.21. The number of piperidine rings is 1. The average molecular weight is 374 g/mol. The highest BCUT2D eigenvalue weighted by Crippen LogP contribution is 2.44. The number of carbonyl (C=O) groups excluding carboxylic acids is 1. The second-order valence-corrected chi connectivity index (χ2v) is 8.91. The van der Waals surface area contributed by atoms with Crippen molar-refractivity contribution in [1.82, 2.24) is 10.3 Å². The predicted octanol–water partition coefficient (Wildman–Crippen LogP) is 4.16. The first kappa shape index (κ1) is 17.5. The maximum atomic E-state index is 13.4. The number of fused-ring (bicyclic) bond motifs is 4. The zero-order chi connectivity index (χ0) is 19.5. The lowest BCUT2D eigenvalue weighted by Crippen LogP contribution is -2.31. The van der Waals surface area contributed by atoms with E-state index >= 15 is 0 Å². The van der Waals surface area contributed by atoms with Crippen LogP contribution in [0.3, 0.4) is 0 Å². The Morgan fingerprint density at radius 2 is 1.89 bits per heavy atom. The maximum absolute atomic E-state index is 13.4. The summed E-state index contributed by atoms with van der Waals surface area (Å²) in [6.45, 7) is 6.65. The molecule has 1 fully saturated rings. The van der Waals surface area contributed by atoms with Crippen molar-refractivity contribution in [3.8, 4) is 0 Å². The van der Waals surface area contributed by atoms with E-state index in [-0.39, 0.29) is 11.2 Å². The van der Waals surface area contributed by atoms with E-state index in [1.165, 1.54) is 18.4 Å². The Morgan fingerprint density at radius 1 is 1.11 bits per heavy atom. The first-order valence-electron chi connectivity index (χ1n) is 10.3. The lowest BCUT2D eigenvalue weighted by Gasteiger charge is -2.33. The number of anilines is 1. The van der Waals surface area contributed by atoms with E-state index < -0.39 is 0 Å². The number of aromatic amines is 1. The third-order valence-corrected chi connectivity index (χ3v) is 6.66. The second-order valence-electron chi connectivity index (χ2n) is 8.91. The molecule has 2 aliphatic rings. The van der Waals surface area contributed by atoms with Crippen molar-refractivity contribution >= 4 is 22.4 Å². The fourth-order valence-electron chi connectivity index (χ4n) is 5.04. The maximum Gasteiger partial charge on any atom is 0.195 e. The Bertz CT molecular complexity index is 1090. The largest absolute Gasteiger partial charge is 0.399 e. The molecule has 144 valence electrons. The molecule has 0 unspecified atom stereocenters. The van der Waals surface area contributed by atoms with Crippen LogP contribution < -0.4 is 11.1 Å². The minimum absolute atomic E-state index is 0.119. The van der Waals surface area contributed by atoms with Crippen LogP contribution in [0.25, 0.3) is 10.9 Å². The van der Waals surface area contributed by atoms with Crippen molar-refractivity contribution < 1.29 is 4.79 Å². The number of benzene rings is 2. The Kier molecular flexibility index (Phi) is 3.88. The number of rotatable bonds is 2. The lowest BCUT2D eigenvalue weighted by atomic mass is 9.70. The molecule has 1 saturated heterocycles. The molecule has 0 saturated carbocycles. The number of hydrogen-bond acceptors (Lipinski definition) is 3. The fraction of sp³-hybridized carbons (Fsp3) is 0.375. The Morgan fingerprint density at radius 3 is 2.68 bits per heavy atom. The molecule has 0 spiro atoms. The van der Waals surface area contributed by atoms with Gasteiger partial charge in [-0.15, -0.1) is 0 Å². The van der Waals surface area contributed by atoms with E-state index in [4.69, 9.17) is 5.73 Å². The van der Waals surface area contributed by atoms with Crippen LogP contribution in [0.1, 0.15) is 59.4 Å². The van der Waals surface area contributed by atoms with Gasteiger partial charge in [0, 0.05) is 33.3 Å². The van der Waals surface area contributed by atoms with E-state index in [0.29, 0.717) is 5.69 Å². The van der Waals surface area contributed by atoms with E-state index in [9.17, 15) is 4.79 Å². The molecule has 0 radical (unpaired) electrons. The highest BCUT2D eigenvalue weighted by atomic mass is 16.1. The smallest absolute Gasteiger partial charge is 0.195 e. The Hall–Kier alpha value is -2.59. The first-order chi connectivity index (χ1) is 13.4. The number of nitrogens with one attached hydrogen (secondary N) is 2. The number of H-pyrrole nitrogens is 1. The highest BCUT2D eigenvalue weighted by molar-refractivity contribution is 6.20. The number of nitrogen functional groups attached to an aromatic ring is 1. The van der Waals surface area contributed by atoms with Gasteiger partial charge in [-0.05, 0) is 61.5 Å². The van der Waals surface area contributed by atoms with E-state index in [0.717, 1.165) is 58.7 Å². The minimum Gasteiger partial charge on any atom is -0.399 e. The van der Waals surface area contributed by atoms with Crippen molar-refractivity contribution in [3.05, 3.63) is 64.3 Å². The fourth-order valence-corrected chi connectivity index (χ4v) is 5.04. The lowest BCUT2D eigenvalue weighted by molar-refractivity contribution is 0.103. The van der Waals surface area contributed by atoms with Crippen molar-refractivity contribution in [2.75, 3.05) is 18.8 Å². The number of carbonyl (C=O) groups is 1. The van der Waals surface area contributed by atoms with Crippen LogP contribution in [0.15, 0.2) is 36.4 Å². The standard InChI is InChI=1S/C24H27N3O/c1-24(2)19-12-15(11-14-7-9-26-10-8-14)3-5-17(19)22(28)21-18-6-4-16(25)13-20(18)27-23(21)24/h3-6,12-14,26-27H,7-11,25H2,1-2H3. The monoisotopic (exact) mass is 373 g/mol. The molecule has 2 aromatic carbocycles. The van der Waals surface area contributed by atoms with Gasteiger partial charge < -0.3 is 16.0 Å². The normalized spacial score (nSPS) is 18.9. The van der Waals surface area contributed by atoms with Gasteiger partial charge in [0.05, 0.1) is 5.56 Å². The Balaban J connectivity index is 1.60. The summed E-state index contributed by atoms with van der Waals surface area (Å²) in [7, 11) is 0. The van der Waals surface area contributed by atoms with E-state index in [1.807, 2.05) is 18.2 Å². The molecule has 0 amide bonds.